The summed E-state index contributed by atoms with van der Waals surface area (Å²) >= 11 is 0. The SMILES string of the molecule is c1ccc(-c2ccc(-n3c4c(c5ccccc53)-c3c(n(-c5ccc(-c6ccc7c(c6)OC(c6ccccc6)N7)cc5)c5ccccc35)CC4)cc2)cc1. The lowest BCUT2D eigenvalue weighted by Gasteiger charge is -2.20. The maximum absolute atomic E-state index is 6.34. The second-order valence-corrected chi connectivity index (χ2v) is 14.1. The van der Waals surface area contributed by atoms with Crippen molar-refractivity contribution in [3.63, 3.8) is 0 Å². The predicted molar refractivity (Wildman–Crippen MR) is 217 cm³/mol. The van der Waals surface area contributed by atoms with Crippen LogP contribution < -0.4 is 10.1 Å². The first kappa shape index (κ1) is 29.9. The van der Waals surface area contributed by atoms with Crippen molar-refractivity contribution in [1.82, 2.24) is 9.13 Å². The van der Waals surface area contributed by atoms with E-state index in [9.17, 15) is 0 Å². The second kappa shape index (κ2) is 11.9. The van der Waals surface area contributed by atoms with E-state index < -0.39 is 0 Å². The quantitative estimate of drug-likeness (QED) is 0.196. The van der Waals surface area contributed by atoms with Gasteiger partial charge in [0.05, 0.1) is 16.7 Å². The Balaban J connectivity index is 0.989. The summed E-state index contributed by atoms with van der Waals surface area (Å²) in [6, 6.07) is 63.3. The molecule has 4 nitrogen and oxygen atoms in total. The molecule has 0 bridgehead atoms. The average molecular weight is 682 g/mol. The van der Waals surface area contributed by atoms with Crippen LogP contribution in [-0.2, 0) is 12.8 Å². The fourth-order valence-corrected chi connectivity index (χ4v) is 8.68. The van der Waals surface area contributed by atoms with Crippen LogP contribution >= 0.6 is 0 Å². The lowest BCUT2D eigenvalue weighted by molar-refractivity contribution is 0.260. The zero-order valence-electron chi connectivity index (χ0n) is 29.0. The predicted octanol–water partition coefficient (Wildman–Crippen LogP) is 12.2. The summed E-state index contributed by atoms with van der Waals surface area (Å²) in [5, 5.41) is 6.11. The van der Waals surface area contributed by atoms with Gasteiger partial charge in [-0.25, -0.2) is 0 Å². The fourth-order valence-electron chi connectivity index (χ4n) is 8.68. The van der Waals surface area contributed by atoms with Crippen molar-refractivity contribution in [3.8, 4) is 50.5 Å². The molecule has 0 saturated carbocycles. The van der Waals surface area contributed by atoms with Gasteiger partial charge in [-0.3, -0.25) is 0 Å². The van der Waals surface area contributed by atoms with Gasteiger partial charge in [0.2, 0.25) is 0 Å². The van der Waals surface area contributed by atoms with E-state index in [0.717, 1.165) is 41.0 Å². The number of nitrogens with one attached hydrogen (secondary N) is 1. The van der Waals surface area contributed by atoms with Crippen LogP contribution in [0.5, 0.6) is 5.75 Å². The number of ether oxygens (including phenoxy) is 1. The van der Waals surface area contributed by atoms with Gasteiger partial charge in [-0.1, -0.05) is 127 Å². The molecule has 53 heavy (non-hydrogen) atoms. The fraction of sp³-hybridized carbons (Fsp3) is 0.0612. The molecule has 252 valence electrons. The molecule has 1 atom stereocenters. The number of benzene rings is 7. The lowest BCUT2D eigenvalue weighted by atomic mass is 9.91. The highest BCUT2D eigenvalue weighted by Gasteiger charge is 2.30. The Bertz CT molecular complexity index is 2810. The van der Waals surface area contributed by atoms with Crippen LogP contribution in [0, 0.1) is 0 Å². The van der Waals surface area contributed by atoms with Gasteiger partial charge < -0.3 is 19.2 Å². The van der Waals surface area contributed by atoms with Crippen molar-refractivity contribution < 1.29 is 4.74 Å². The number of aromatic nitrogens is 2. The molecule has 2 aliphatic rings. The van der Waals surface area contributed by atoms with E-state index in [4.69, 9.17) is 4.74 Å². The minimum absolute atomic E-state index is 0.174. The molecular weight excluding hydrogens is 647 g/mol. The van der Waals surface area contributed by atoms with E-state index in [-0.39, 0.29) is 6.23 Å². The number of rotatable bonds is 5. The molecule has 1 aliphatic carbocycles. The summed E-state index contributed by atoms with van der Waals surface area (Å²) in [6.07, 6.45) is 1.74. The van der Waals surface area contributed by atoms with Crippen molar-refractivity contribution in [2.75, 3.05) is 5.32 Å². The zero-order chi connectivity index (χ0) is 34.9. The summed E-state index contributed by atoms with van der Waals surface area (Å²) in [7, 11) is 0. The molecule has 2 aromatic heterocycles. The summed E-state index contributed by atoms with van der Waals surface area (Å²) < 4.78 is 11.3. The van der Waals surface area contributed by atoms with Gasteiger partial charge in [0.15, 0.2) is 6.23 Å². The highest BCUT2D eigenvalue weighted by molar-refractivity contribution is 6.09. The summed E-state index contributed by atoms with van der Waals surface area (Å²) in [4.78, 5) is 0. The third-order valence-corrected chi connectivity index (χ3v) is 11.1. The average Bonchev–Trinajstić information content (AvgIpc) is 3.92. The van der Waals surface area contributed by atoms with Crippen LogP contribution in [0.4, 0.5) is 5.69 Å². The Morgan fingerprint density at radius 2 is 0.925 bits per heavy atom. The maximum atomic E-state index is 6.34. The maximum Gasteiger partial charge on any atom is 0.196 e. The number of nitrogens with zero attached hydrogens (tertiary/aromatic N) is 2. The molecule has 0 fully saturated rings. The van der Waals surface area contributed by atoms with Crippen molar-refractivity contribution in [2.45, 2.75) is 19.1 Å². The first-order valence-electron chi connectivity index (χ1n) is 18.4. The molecular formula is C49H35N3O. The Labute approximate surface area is 308 Å². The van der Waals surface area contributed by atoms with Gasteiger partial charge >= 0.3 is 0 Å². The summed E-state index contributed by atoms with van der Waals surface area (Å²) in [6.45, 7) is 0. The molecule has 0 radical (unpaired) electrons. The molecule has 1 unspecified atom stereocenters. The lowest BCUT2D eigenvalue weighted by Crippen LogP contribution is -2.10. The number of fused-ring (bicyclic) bond motifs is 8. The number of para-hydroxylation sites is 2. The first-order chi connectivity index (χ1) is 26.3. The van der Waals surface area contributed by atoms with E-state index in [0.29, 0.717) is 0 Å². The van der Waals surface area contributed by atoms with E-state index in [1.165, 1.54) is 66.8 Å². The first-order valence-corrected chi connectivity index (χ1v) is 18.4. The van der Waals surface area contributed by atoms with E-state index in [2.05, 4.69) is 172 Å². The van der Waals surface area contributed by atoms with Crippen LogP contribution in [0.15, 0.2) is 176 Å². The van der Waals surface area contributed by atoms with Crippen LogP contribution in [-0.4, -0.2) is 9.13 Å². The van der Waals surface area contributed by atoms with Crippen molar-refractivity contribution in [3.05, 3.63) is 193 Å². The van der Waals surface area contributed by atoms with Gasteiger partial charge in [0.25, 0.3) is 0 Å². The third-order valence-electron chi connectivity index (χ3n) is 11.1. The topological polar surface area (TPSA) is 31.1 Å². The van der Waals surface area contributed by atoms with Crippen LogP contribution in [0.25, 0.3) is 66.6 Å². The molecule has 0 amide bonds. The number of hydrogen-bond acceptors (Lipinski definition) is 2. The highest BCUT2D eigenvalue weighted by atomic mass is 16.5. The number of hydrogen-bond donors (Lipinski definition) is 1. The van der Waals surface area contributed by atoms with Gasteiger partial charge in [-0.2, -0.15) is 0 Å². The molecule has 9 aromatic rings. The highest BCUT2D eigenvalue weighted by Crippen LogP contribution is 2.48. The molecule has 4 heteroatoms. The minimum Gasteiger partial charge on any atom is -0.464 e. The largest absolute Gasteiger partial charge is 0.464 e. The molecule has 3 heterocycles. The molecule has 0 saturated heterocycles. The van der Waals surface area contributed by atoms with Crippen molar-refractivity contribution >= 4 is 27.5 Å². The Morgan fingerprint density at radius 1 is 0.453 bits per heavy atom. The van der Waals surface area contributed by atoms with E-state index >= 15 is 0 Å². The van der Waals surface area contributed by atoms with Gasteiger partial charge in [0, 0.05) is 50.2 Å². The minimum atomic E-state index is -0.174. The van der Waals surface area contributed by atoms with Gasteiger partial charge in [0.1, 0.15) is 5.75 Å². The van der Waals surface area contributed by atoms with E-state index in [1.54, 1.807) is 0 Å². The van der Waals surface area contributed by atoms with Crippen molar-refractivity contribution in [2.24, 2.45) is 0 Å². The molecule has 1 N–H and O–H groups in total. The summed E-state index contributed by atoms with van der Waals surface area (Å²) in [5.41, 5.74) is 17.3. The van der Waals surface area contributed by atoms with Gasteiger partial charge in [-0.05, 0) is 83.6 Å². The molecule has 11 rings (SSSR count). The molecule has 7 aromatic carbocycles. The van der Waals surface area contributed by atoms with Crippen LogP contribution in [0.2, 0.25) is 0 Å². The third kappa shape index (κ3) is 4.76. The molecule has 0 spiro atoms. The normalized spacial score (nSPS) is 14.4. The van der Waals surface area contributed by atoms with Crippen molar-refractivity contribution in [1.29, 1.82) is 0 Å². The Hall–Kier alpha value is -6.78. The van der Waals surface area contributed by atoms with Gasteiger partial charge in [-0.15, -0.1) is 0 Å². The zero-order valence-corrected chi connectivity index (χ0v) is 29.0. The standard InChI is InChI=1S/C49H35N3O/c1-3-11-32(12-4-1)33-19-24-37(25-20-33)51-42-17-9-7-15-39(42)47-44(51)29-30-45-48(47)40-16-8-10-18-43(40)52(45)38-26-21-34(22-27-38)36-23-28-41-46(31-36)53-49(50-41)35-13-5-2-6-14-35/h1-28,31,49-50H,29-30H2. The Kier molecular flexibility index (Phi) is 6.71. The second-order valence-electron chi connectivity index (χ2n) is 14.1. The number of anilines is 1. The molecule has 1 aliphatic heterocycles. The summed E-state index contributed by atoms with van der Waals surface area (Å²) in [5.74, 6) is 0.882. The smallest absolute Gasteiger partial charge is 0.196 e. The monoisotopic (exact) mass is 681 g/mol. The van der Waals surface area contributed by atoms with Crippen LogP contribution in [0.3, 0.4) is 0 Å². The van der Waals surface area contributed by atoms with Crippen LogP contribution in [0.1, 0.15) is 23.2 Å². The Morgan fingerprint density at radius 3 is 1.51 bits per heavy atom. The van der Waals surface area contributed by atoms with E-state index in [1.807, 2.05) is 18.2 Å².